The first-order valence-corrected chi connectivity index (χ1v) is 6.48. The Morgan fingerprint density at radius 3 is 3.00 bits per heavy atom. The third-order valence-corrected chi connectivity index (χ3v) is 3.87. The molecule has 2 nitrogen and oxygen atoms in total. The van der Waals surface area contributed by atoms with Crippen LogP contribution in [0.25, 0.3) is 0 Å². The van der Waals surface area contributed by atoms with Gasteiger partial charge in [0.25, 0.3) is 0 Å². The van der Waals surface area contributed by atoms with Gasteiger partial charge in [0.15, 0.2) is 0 Å². The Hall–Kier alpha value is -0.860. The van der Waals surface area contributed by atoms with Gasteiger partial charge in [-0.05, 0) is 43.4 Å². The summed E-state index contributed by atoms with van der Waals surface area (Å²) in [5.41, 5.74) is 3.10. The minimum Gasteiger partial charge on any atom is -0.315 e. The maximum absolute atomic E-state index is 3.81. The summed E-state index contributed by atoms with van der Waals surface area (Å²) in [6, 6.07) is 10.2. The molecule has 1 fully saturated rings. The molecule has 0 aromatic heterocycles. The molecule has 0 spiro atoms. The van der Waals surface area contributed by atoms with E-state index in [1.165, 1.54) is 32.2 Å². The van der Waals surface area contributed by atoms with Crippen LogP contribution in [0.5, 0.6) is 0 Å². The smallest absolute Gasteiger partial charge is 0.0326 e. The summed E-state index contributed by atoms with van der Waals surface area (Å²) in [5.74, 6) is 0. The number of nitrogens with one attached hydrogen (secondary N) is 2. The number of hydrogen-bond donors (Lipinski definition) is 2. The average Bonchev–Trinajstić information content (AvgIpc) is 2.82. The van der Waals surface area contributed by atoms with Crippen molar-refractivity contribution in [1.82, 2.24) is 10.6 Å². The number of rotatable bonds is 2. The van der Waals surface area contributed by atoms with E-state index in [1.54, 1.807) is 11.1 Å². The summed E-state index contributed by atoms with van der Waals surface area (Å²) < 4.78 is 0. The van der Waals surface area contributed by atoms with Crippen LogP contribution < -0.4 is 10.6 Å². The third kappa shape index (κ3) is 2.00. The molecule has 1 aliphatic carbocycles. The predicted molar refractivity (Wildman–Crippen MR) is 66.5 cm³/mol. The van der Waals surface area contributed by atoms with Crippen LogP contribution in [0, 0.1) is 0 Å². The Kier molecular flexibility index (Phi) is 2.94. The van der Waals surface area contributed by atoms with Crippen molar-refractivity contribution in [2.75, 3.05) is 13.1 Å². The van der Waals surface area contributed by atoms with Crippen molar-refractivity contribution in [3.63, 3.8) is 0 Å². The molecule has 1 aliphatic heterocycles. The van der Waals surface area contributed by atoms with Crippen molar-refractivity contribution < 1.29 is 0 Å². The highest BCUT2D eigenvalue weighted by Gasteiger charge is 2.23. The molecule has 0 amide bonds. The largest absolute Gasteiger partial charge is 0.315 e. The van der Waals surface area contributed by atoms with Crippen LogP contribution in [0.3, 0.4) is 0 Å². The van der Waals surface area contributed by atoms with Gasteiger partial charge < -0.3 is 10.6 Å². The van der Waals surface area contributed by atoms with E-state index in [0.29, 0.717) is 12.1 Å². The van der Waals surface area contributed by atoms with Gasteiger partial charge in [0.2, 0.25) is 0 Å². The second-order valence-electron chi connectivity index (χ2n) is 5.00. The van der Waals surface area contributed by atoms with Crippen molar-refractivity contribution in [1.29, 1.82) is 0 Å². The van der Waals surface area contributed by atoms with Crippen molar-refractivity contribution in [3.05, 3.63) is 35.4 Å². The molecule has 2 heteroatoms. The van der Waals surface area contributed by atoms with E-state index in [2.05, 4.69) is 34.9 Å². The van der Waals surface area contributed by atoms with Crippen molar-refractivity contribution in [3.8, 4) is 0 Å². The average molecular weight is 216 g/mol. The minimum atomic E-state index is 0.592. The molecule has 2 unspecified atom stereocenters. The van der Waals surface area contributed by atoms with Gasteiger partial charge in [-0.2, -0.15) is 0 Å². The van der Waals surface area contributed by atoms with Crippen LogP contribution in [0.2, 0.25) is 0 Å². The molecular weight excluding hydrogens is 196 g/mol. The molecule has 2 atom stereocenters. The van der Waals surface area contributed by atoms with E-state index in [1.807, 2.05) is 0 Å². The third-order valence-electron chi connectivity index (χ3n) is 3.87. The molecule has 86 valence electrons. The van der Waals surface area contributed by atoms with Crippen molar-refractivity contribution >= 4 is 0 Å². The summed E-state index contributed by atoms with van der Waals surface area (Å²) in [6.07, 6.45) is 5.16. The Morgan fingerprint density at radius 2 is 2.12 bits per heavy atom. The van der Waals surface area contributed by atoms with Crippen LogP contribution >= 0.6 is 0 Å². The lowest BCUT2D eigenvalue weighted by atomic mass is 9.87. The van der Waals surface area contributed by atoms with Crippen LogP contribution in [-0.2, 0) is 6.42 Å². The fourth-order valence-corrected chi connectivity index (χ4v) is 3.01. The molecule has 16 heavy (non-hydrogen) atoms. The van der Waals surface area contributed by atoms with E-state index in [9.17, 15) is 0 Å². The molecule has 1 aromatic rings. The topological polar surface area (TPSA) is 24.1 Å². The Bertz CT molecular complexity index is 356. The molecule has 2 aliphatic rings. The summed E-state index contributed by atoms with van der Waals surface area (Å²) in [6.45, 7) is 2.31. The molecular formula is C14H20N2. The lowest BCUT2D eigenvalue weighted by Gasteiger charge is -2.28. The van der Waals surface area contributed by atoms with E-state index < -0.39 is 0 Å². The first-order chi connectivity index (χ1) is 7.93. The van der Waals surface area contributed by atoms with Gasteiger partial charge in [-0.1, -0.05) is 24.3 Å². The fourth-order valence-electron chi connectivity index (χ4n) is 3.01. The van der Waals surface area contributed by atoms with E-state index in [-0.39, 0.29) is 0 Å². The molecule has 1 saturated heterocycles. The first kappa shape index (κ1) is 10.3. The van der Waals surface area contributed by atoms with Crippen LogP contribution in [-0.4, -0.2) is 19.1 Å². The highest BCUT2D eigenvalue weighted by molar-refractivity contribution is 5.32. The number of hydrogen-bond acceptors (Lipinski definition) is 2. The fraction of sp³-hybridized carbons (Fsp3) is 0.571. The Morgan fingerprint density at radius 1 is 1.19 bits per heavy atom. The summed E-state index contributed by atoms with van der Waals surface area (Å²) in [5, 5.41) is 7.23. The number of benzene rings is 1. The van der Waals surface area contributed by atoms with Crippen molar-refractivity contribution in [2.45, 2.75) is 37.8 Å². The van der Waals surface area contributed by atoms with E-state index in [4.69, 9.17) is 0 Å². The molecule has 1 heterocycles. The number of fused-ring (bicyclic) bond motifs is 1. The molecule has 1 aromatic carbocycles. The molecule has 0 saturated carbocycles. The molecule has 0 radical (unpaired) electrons. The van der Waals surface area contributed by atoms with Gasteiger partial charge in [-0.15, -0.1) is 0 Å². The van der Waals surface area contributed by atoms with E-state index in [0.717, 1.165) is 6.54 Å². The quantitative estimate of drug-likeness (QED) is 0.790. The van der Waals surface area contributed by atoms with Crippen molar-refractivity contribution in [2.24, 2.45) is 0 Å². The highest BCUT2D eigenvalue weighted by atomic mass is 15.0. The summed E-state index contributed by atoms with van der Waals surface area (Å²) in [7, 11) is 0. The normalized spacial score (nSPS) is 29.0. The van der Waals surface area contributed by atoms with Crippen LogP contribution in [0.1, 0.15) is 36.4 Å². The zero-order valence-electron chi connectivity index (χ0n) is 9.71. The predicted octanol–water partition coefficient (Wildman–Crippen LogP) is 2.02. The van der Waals surface area contributed by atoms with Crippen LogP contribution in [0.15, 0.2) is 24.3 Å². The van der Waals surface area contributed by atoms with Gasteiger partial charge in [0, 0.05) is 18.6 Å². The lowest BCUT2D eigenvalue weighted by Crippen LogP contribution is -2.36. The highest BCUT2D eigenvalue weighted by Crippen LogP contribution is 2.30. The van der Waals surface area contributed by atoms with E-state index >= 15 is 0 Å². The lowest BCUT2D eigenvalue weighted by molar-refractivity contribution is 0.408. The monoisotopic (exact) mass is 216 g/mol. The maximum atomic E-state index is 3.81. The van der Waals surface area contributed by atoms with Gasteiger partial charge in [0.05, 0.1) is 0 Å². The molecule has 3 rings (SSSR count). The summed E-state index contributed by atoms with van der Waals surface area (Å²) >= 11 is 0. The SMILES string of the molecule is c1ccc2c(c1)CCCC2NC1CCNC1. The maximum Gasteiger partial charge on any atom is 0.0326 e. The summed E-state index contributed by atoms with van der Waals surface area (Å²) in [4.78, 5) is 0. The Labute approximate surface area is 97.4 Å². The molecule has 2 N–H and O–H groups in total. The number of aryl methyl sites for hydroxylation is 1. The second-order valence-corrected chi connectivity index (χ2v) is 5.00. The van der Waals surface area contributed by atoms with Gasteiger partial charge in [0.1, 0.15) is 0 Å². The molecule has 0 bridgehead atoms. The Balaban J connectivity index is 1.76. The minimum absolute atomic E-state index is 0.592. The van der Waals surface area contributed by atoms with Gasteiger partial charge in [-0.25, -0.2) is 0 Å². The van der Waals surface area contributed by atoms with Gasteiger partial charge >= 0.3 is 0 Å². The second kappa shape index (κ2) is 4.56. The van der Waals surface area contributed by atoms with Crippen LogP contribution in [0.4, 0.5) is 0 Å². The zero-order chi connectivity index (χ0) is 10.8. The standard InChI is InChI=1S/C14H20N2/c1-2-6-13-11(4-1)5-3-7-14(13)16-12-8-9-15-10-12/h1-2,4,6,12,14-16H,3,5,7-10H2. The first-order valence-electron chi connectivity index (χ1n) is 6.48. The zero-order valence-corrected chi connectivity index (χ0v) is 9.71. The van der Waals surface area contributed by atoms with Gasteiger partial charge in [-0.3, -0.25) is 0 Å².